The summed E-state index contributed by atoms with van der Waals surface area (Å²) in [5.74, 6) is -0.127. The van der Waals surface area contributed by atoms with E-state index in [0.29, 0.717) is 24.6 Å². The Morgan fingerprint density at radius 3 is 2.72 bits per heavy atom. The maximum absolute atomic E-state index is 14.2. The normalized spacial score (nSPS) is 15.0. The minimum absolute atomic E-state index is 0.00480. The summed E-state index contributed by atoms with van der Waals surface area (Å²) in [5, 5.41) is 2.02. The van der Waals surface area contributed by atoms with Crippen LogP contribution in [0.3, 0.4) is 0 Å². The minimum atomic E-state index is -0.430. The summed E-state index contributed by atoms with van der Waals surface area (Å²) in [6.07, 6.45) is 1.56. The van der Waals surface area contributed by atoms with Gasteiger partial charge in [-0.1, -0.05) is 43.7 Å². The molecule has 0 aliphatic carbocycles. The first-order valence-corrected chi connectivity index (χ1v) is 13.3. The van der Waals surface area contributed by atoms with Crippen molar-refractivity contribution >= 4 is 23.2 Å². The van der Waals surface area contributed by atoms with Gasteiger partial charge in [-0.05, 0) is 67.0 Å². The highest BCUT2D eigenvalue weighted by Gasteiger charge is 2.34. The summed E-state index contributed by atoms with van der Waals surface area (Å²) < 4.78 is 20.0. The first-order chi connectivity index (χ1) is 17.3. The van der Waals surface area contributed by atoms with Crippen LogP contribution in [0.25, 0.3) is 0 Å². The zero-order valence-electron chi connectivity index (χ0n) is 21.1. The van der Waals surface area contributed by atoms with E-state index in [1.165, 1.54) is 10.9 Å². The van der Waals surface area contributed by atoms with Gasteiger partial charge in [0.2, 0.25) is 5.91 Å². The summed E-state index contributed by atoms with van der Waals surface area (Å²) in [5.41, 5.74) is 2.63. The number of amides is 2. The molecular formula is C29H33FN2O3S. The molecule has 36 heavy (non-hydrogen) atoms. The van der Waals surface area contributed by atoms with E-state index in [2.05, 4.69) is 13.8 Å². The molecule has 0 unspecified atom stereocenters. The van der Waals surface area contributed by atoms with Crippen LogP contribution in [0.4, 0.5) is 4.39 Å². The summed E-state index contributed by atoms with van der Waals surface area (Å²) >= 11 is 1.66. The van der Waals surface area contributed by atoms with Crippen LogP contribution in [0.1, 0.15) is 52.7 Å². The number of thiophene rings is 1. The van der Waals surface area contributed by atoms with Crippen LogP contribution in [0.2, 0.25) is 0 Å². The van der Waals surface area contributed by atoms with E-state index < -0.39 is 5.82 Å². The van der Waals surface area contributed by atoms with Gasteiger partial charge < -0.3 is 14.5 Å². The van der Waals surface area contributed by atoms with Crippen LogP contribution < -0.4 is 4.74 Å². The molecule has 2 heterocycles. The Morgan fingerprint density at radius 1 is 1.17 bits per heavy atom. The van der Waals surface area contributed by atoms with Gasteiger partial charge in [0.05, 0.1) is 6.04 Å². The van der Waals surface area contributed by atoms with Crippen molar-refractivity contribution in [2.75, 3.05) is 26.2 Å². The molecule has 1 aliphatic rings. The lowest BCUT2D eigenvalue weighted by molar-refractivity contribution is -0.135. The van der Waals surface area contributed by atoms with Crippen molar-refractivity contribution in [1.29, 1.82) is 0 Å². The van der Waals surface area contributed by atoms with E-state index in [0.717, 1.165) is 24.0 Å². The number of aryl methyl sites for hydroxylation is 1. The predicted octanol–water partition coefficient (Wildman–Crippen LogP) is 5.89. The van der Waals surface area contributed by atoms with Crippen molar-refractivity contribution in [2.45, 2.75) is 39.7 Å². The molecule has 5 nitrogen and oxygen atoms in total. The molecule has 0 N–H and O–H groups in total. The van der Waals surface area contributed by atoms with E-state index in [1.807, 2.05) is 36.6 Å². The van der Waals surface area contributed by atoms with Crippen molar-refractivity contribution < 1.29 is 18.7 Å². The highest BCUT2D eigenvalue weighted by Crippen LogP contribution is 2.34. The SMILES string of the molecule is Cc1cccc(C(=O)N(CCC(C)C)CC(=O)N2CCc3sccc3[C@@H]2COc2ccccc2F)c1. The Balaban J connectivity index is 1.54. The largest absolute Gasteiger partial charge is 0.488 e. The van der Waals surface area contributed by atoms with Gasteiger partial charge in [-0.15, -0.1) is 11.3 Å². The molecule has 4 rings (SSSR count). The molecule has 190 valence electrons. The molecular weight excluding hydrogens is 475 g/mol. The Hall–Kier alpha value is -3.19. The number of carbonyl (C=O) groups is 2. The van der Waals surface area contributed by atoms with Crippen molar-refractivity contribution in [1.82, 2.24) is 9.80 Å². The first kappa shape index (κ1) is 25.9. The second-order valence-corrected chi connectivity index (χ2v) is 10.7. The van der Waals surface area contributed by atoms with Crippen LogP contribution in [-0.2, 0) is 11.2 Å². The minimum Gasteiger partial charge on any atom is -0.488 e. The van der Waals surface area contributed by atoms with Crippen LogP contribution >= 0.6 is 11.3 Å². The predicted molar refractivity (Wildman–Crippen MR) is 141 cm³/mol. The molecule has 1 aromatic heterocycles. The van der Waals surface area contributed by atoms with Gasteiger partial charge in [-0.25, -0.2) is 4.39 Å². The molecule has 0 saturated heterocycles. The number of benzene rings is 2. The van der Waals surface area contributed by atoms with Crippen molar-refractivity contribution in [3.63, 3.8) is 0 Å². The molecule has 1 aliphatic heterocycles. The monoisotopic (exact) mass is 508 g/mol. The highest BCUT2D eigenvalue weighted by molar-refractivity contribution is 7.10. The topological polar surface area (TPSA) is 49.9 Å². The number of hydrogen-bond donors (Lipinski definition) is 0. The molecule has 0 saturated carbocycles. The Bertz CT molecular complexity index is 1210. The van der Waals surface area contributed by atoms with Crippen molar-refractivity contribution in [3.05, 3.63) is 87.4 Å². The number of fused-ring (bicyclic) bond motifs is 1. The zero-order chi connectivity index (χ0) is 25.7. The van der Waals surface area contributed by atoms with E-state index in [4.69, 9.17) is 4.74 Å². The third-order valence-corrected chi connectivity index (χ3v) is 7.50. The van der Waals surface area contributed by atoms with Gasteiger partial charge in [0.1, 0.15) is 13.2 Å². The molecule has 0 bridgehead atoms. The smallest absolute Gasteiger partial charge is 0.254 e. The Labute approximate surface area is 216 Å². The van der Waals surface area contributed by atoms with E-state index in [-0.39, 0.29) is 36.8 Å². The summed E-state index contributed by atoms with van der Waals surface area (Å²) in [7, 11) is 0. The van der Waals surface area contributed by atoms with Gasteiger partial charge in [0.25, 0.3) is 5.91 Å². The van der Waals surface area contributed by atoms with E-state index in [1.54, 1.807) is 45.4 Å². The van der Waals surface area contributed by atoms with Crippen molar-refractivity contribution in [3.8, 4) is 5.75 Å². The number of para-hydroxylation sites is 1. The lowest BCUT2D eigenvalue weighted by Gasteiger charge is -2.37. The lowest BCUT2D eigenvalue weighted by Crippen LogP contribution is -2.48. The average Bonchev–Trinajstić information content (AvgIpc) is 3.34. The first-order valence-electron chi connectivity index (χ1n) is 12.4. The zero-order valence-corrected chi connectivity index (χ0v) is 21.9. The number of carbonyl (C=O) groups excluding carboxylic acids is 2. The van der Waals surface area contributed by atoms with Gasteiger partial charge in [0.15, 0.2) is 11.6 Å². The number of nitrogens with zero attached hydrogens (tertiary/aromatic N) is 2. The van der Waals surface area contributed by atoms with Gasteiger partial charge in [0, 0.05) is 23.5 Å². The molecule has 2 aromatic carbocycles. The molecule has 0 radical (unpaired) electrons. The molecule has 0 fully saturated rings. The quantitative estimate of drug-likeness (QED) is 0.362. The highest BCUT2D eigenvalue weighted by atomic mass is 32.1. The van der Waals surface area contributed by atoms with Crippen LogP contribution in [0.15, 0.2) is 60.0 Å². The average molecular weight is 509 g/mol. The molecule has 7 heteroatoms. The summed E-state index contributed by atoms with van der Waals surface area (Å²) in [4.78, 5) is 31.8. The fourth-order valence-corrected chi connectivity index (χ4v) is 5.41. The molecule has 2 amide bonds. The third kappa shape index (κ3) is 6.13. The lowest BCUT2D eigenvalue weighted by atomic mass is 10.00. The molecule has 1 atom stereocenters. The number of hydrogen-bond acceptors (Lipinski definition) is 4. The molecule has 0 spiro atoms. The third-order valence-electron chi connectivity index (χ3n) is 6.50. The van der Waals surface area contributed by atoms with Gasteiger partial charge >= 0.3 is 0 Å². The maximum atomic E-state index is 14.2. The fraction of sp³-hybridized carbons (Fsp3) is 0.379. The van der Waals surface area contributed by atoms with Gasteiger partial charge in [-0.2, -0.15) is 0 Å². The number of rotatable bonds is 9. The maximum Gasteiger partial charge on any atom is 0.254 e. The Kier molecular flexibility index (Phi) is 8.41. The van der Waals surface area contributed by atoms with E-state index in [9.17, 15) is 14.0 Å². The van der Waals surface area contributed by atoms with Gasteiger partial charge in [-0.3, -0.25) is 9.59 Å². The standard InChI is InChI=1S/C29H33FN2O3S/c1-20(2)11-14-31(29(34)22-8-6-7-21(3)17-22)18-28(33)32-15-12-27-23(13-16-36-27)25(32)19-35-26-10-5-4-9-24(26)30/h4-10,13,16-17,20,25H,11-12,14-15,18-19H2,1-3H3/t25-/m0/s1. The van der Waals surface area contributed by atoms with Crippen LogP contribution in [0.5, 0.6) is 5.75 Å². The number of halogens is 1. The van der Waals surface area contributed by atoms with E-state index >= 15 is 0 Å². The number of ether oxygens (including phenoxy) is 1. The Morgan fingerprint density at radius 2 is 1.97 bits per heavy atom. The van der Waals surface area contributed by atoms with Crippen molar-refractivity contribution in [2.24, 2.45) is 5.92 Å². The summed E-state index contributed by atoms with van der Waals surface area (Å²) in [6, 6.07) is 15.4. The molecule has 3 aromatic rings. The second-order valence-electron chi connectivity index (χ2n) is 9.67. The van der Waals surface area contributed by atoms with Crippen LogP contribution in [-0.4, -0.2) is 47.9 Å². The van der Waals surface area contributed by atoms with Crippen LogP contribution in [0, 0.1) is 18.7 Å². The second kappa shape index (κ2) is 11.7. The fourth-order valence-electron chi connectivity index (χ4n) is 4.49. The summed E-state index contributed by atoms with van der Waals surface area (Å²) in [6.45, 7) is 7.35.